The third-order valence-corrected chi connectivity index (χ3v) is 12.8. The van der Waals surface area contributed by atoms with Crippen molar-refractivity contribution in [2.24, 2.45) is 0 Å². The van der Waals surface area contributed by atoms with Crippen LogP contribution in [0.3, 0.4) is 0 Å². The van der Waals surface area contributed by atoms with Crippen LogP contribution in [-0.2, 0) is 5.41 Å². The first-order valence-corrected chi connectivity index (χ1v) is 21.1. The molecule has 2 nitrogen and oxygen atoms in total. The minimum absolute atomic E-state index is 0.560. The van der Waals surface area contributed by atoms with Crippen molar-refractivity contribution in [1.82, 2.24) is 0 Å². The van der Waals surface area contributed by atoms with Crippen molar-refractivity contribution in [2.45, 2.75) is 5.41 Å². The second-order valence-corrected chi connectivity index (χ2v) is 16.0. The van der Waals surface area contributed by atoms with Crippen LogP contribution in [0.25, 0.3) is 44.2 Å². The van der Waals surface area contributed by atoms with E-state index in [-0.39, 0.29) is 0 Å². The highest BCUT2D eigenvalue weighted by atomic mass is 15.1. The molecule has 0 saturated heterocycles. The molecule has 0 bridgehead atoms. The highest BCUT2D eigenvalue weighted by Crippen LogP contribution is 2.65. The molecule has 1 unspecified atom stereocenters. The van der Waals surface area contributed by atoms with Gasteiger partial charge in [-0.1, -0.05) is 176 Å². The van der Waals surface area contributed by atoms with Crippen molar-refractivity contribution >= 4 is 44.9 Å². The molecule has 0 saturated carbocycles. The Labute approximate surface area is 356 Å². The Balaban J connectivity index is 1.13. The normalized spacial score (nSPS) is 14.3. The smallest absolute Gasteiger partial charge is 0.0732 e. The Hall–Kier alpha value is -7.94. The van der Waals surface area contributed by atoms with E-state index in [0.29, 0.717) is 0 Å². The van der Waals surface area contributed by atoms with Gasteiger partial charge in [0.25, 0.3) is 0 Å². The van der Waals surface area contributed by atoms with Gasteiger partial charge in [0.2, 0.25) is 0 Å². The summed E-state index contributed by atoms with van der Waals surface area (Å²) in [7, 11) is 0. The van der Waals surface area contributed by atoms with Gasteiger partial charge in [0.15, 0.2) is 0 Å². The van der Waals surface area contributed by atoms with Gasteiger partial charge in [0, 0.05) is 33.8 Å². The summed E-state index contributed by atoms with van der Waals surface area (Å²) in [5, 5.41) is 2.47. The fourth-order valence-corrected chi connectivity index (χ4v) is 10.3. The molecule has 286 valence electrons. The molecule has 2 aliphatic rings. The van der Waals surface area contributed by atoms with Crippen LogP contribution in [0.1, 0.15) is 22.3 Å². The van der Waals surface area contributed by atoms with Gasteiger partial charge in [-0.3, -0.25) is 0 Å². The van der Waals surface area contributed by atoms with E-state index in [1.165, 1.54) is 66.4 Å². The molecular formula is C59H40N2. The van der Waals surface area contributed by atoms with Crippen LogP contribution in [-0.4, -0.2) is 0 Å². The molecule has 0 aliphatic heterocycles. The fourth-order valence-electron chi connectivity index (χ4n) is 10.3. The molecule has 0 amide bonds. The maximum atomic E-state index is 2.49. The summed E-state index contributed by atoms with van der Waals surface area (Å²) < 4.78 is 0. The summed E-state index contributed by atoms with van der Waals surface area (Å²) >= 11 is 0. The van der Waals surface area contributed by atoms with E-state index in [4.69, 9.17) is 0 Å². The molecule has 1 atom stereocenters. The minimum Gasteiger partial charge on any atom is -0.310 e. The number of fused-ring (bicyclic) bond motifs is 12. The van der Waals surface area contributed by atoms with Crippen molar-refractivity contribution in [3.63, 3.8) is 0 Å². The van der Waals surface area contributed by atoms with Crippen LogP contribution in [0, 0.1) is 0 Å². The summed E-state index contributed by atoms with van der Waals surface area (Å²) in [5.74, 6) is 0. The molecule has 61 heavy (non-hydrogen) atoms. The predicted octanol–water partition coefficient (Wildman–Crippen LogP) is 15.8. The van der Waals surface area contributed by atoms with E-state index in [0.717, 1.165) is 34.1 Å². The summed E-state index contributed by atoms with van der Waals surface area (Å²) in [6.07, 6.45) is 0. The molecular weight excluding hydrogens is 737 g/mol. The maximum Gasteiger partial charge on any atom is 0.0732 e. The number of anilines is 6. The largest absolute Gasteiger partial charge is 0.310 e. The van der Waals surface area contributed by atoms with Crippen molar-refractivity contribution in [3.05, 3.63) is 265 Å². The van der Waals surface area contributed by atoms with Gasteiger partial charge >= 0.3 is 0 Å². The lowest BCUT2D eigenvalue weighted by molar-refractivity contribution is 0.801. The number of rotatable bonds is 7. The topological polar surface area (TPSA) is 6.48 Å². The lowest BCUT2D eigenvalue weighted by atomic mass is 9.69. The third-order valence-electron chi connectivity index (χ3n) is 12.8. The Kier molecular flexibility index (Phi) is 8.11. The van der Waals surface area contributed by atoms with Gasteiger partial charge in [-0.15, -0.1) is 0 Å². The van der Waals surface area contributed by atoms with Crippen molar-refractivity contribution < 1.29 is 0 Å². The first-order valence-electron chi connectivity index (χ1n) is 21.1. The van der Waals surface area contributed by atoms with E-state index in [9.17, 15) is 0 Å². The maximum absolute atomic E-state index is 2.49. The highest BCUT2D eigenvalue weighted by molar-refractivity contribution is 6.10. The minimum atomic E-state index is -0.560. The van der Waals surface area contributed by atoms with Crippen LogP contribution >= 0.6 is 0 Å². The monoisotopic (exact) mass is 776 g/mol. The fraction of sp³-hybridized carbons (Fsp3) is 0.0169. The molecule has 0 N–H and O–H groups in total. The van der Waals surface area contributed by atoms with Gasteiger partial charge in [0.1, 0.15) is 0 Å². The molecule has 0 aromatic heterocycles. The first kappa shape index (κ1) is 35.0. The second kappa shape index (κ2) is 14.1. The average molecular weight is 777 g/mol. The predicted molar refractivity (Wildman–Crippen MR) is 255 cm³/mol. The highest BCUT2D eigenvalue weighted by Gasteiger charge is 2.53. The number of benzene rings is 10. The van der Waals surface area contributed by atoms with E-state index in [1.54, 1.807) is 0 Å². The zero-order chi connectivity index (χ0) is 40.3. The van der Waals surface area contributed by atoms with E-state index in [2.05, 4.69) is 252 Å². The van der Waals surface area contributed by atoms with Crippen LogP contribution in [0.2, 0.25) is 0 Å². The van der Waals surface area contributed by atoms with Gasteiger partial charge in [-0.25, -0.2) is 0 Å². The number of nitrogens with zero attached hydrogens (tertiary/aromatic N) is 2. The number of hydrogen-bond acceptors (Lipinski definition) is 2. The van der Waals surface area contributed by atoms with Gasteiger partial charge in [-0.2, -0.15) is 0 Å². The molecule has 2 heteroatoms. The van der Waals surface area contributed by atoms with E-state index >= 15 is 0 Å². The lowest BCUT2D eigenvalue weighted by Gasteiger charge is -2.34. The molecule has 2 aliphatic carbocycles. The van der Waals surface area contributed by atoms with Crippen LogP contribution in [0.15, 0.2) is 243 Å². The molecule has 10 aromatic rings. The zero-order valence-electron chi connectivity index (χ0n) is 33.5. The second-order valence-electron chi connectivity index (χ2n) is 16.0. The summed E-state index contributed by atoms with van der Waals surface area (Å²) in [4.78, 5) is 4.83. The molecule has 12 rings (SSSR count). The quantitative estimate of drug-likeness (QED) is 0.159. The third kappa shape index (κ3) is 5.36. The SMILES string of the molecule is c1ccc(-c2ccc(N(c3ccccc3)c3ccc4c(c3)C3(c5ccccc5-4)c4ccccc4-c4cc(N(c5ccccc5)c5ccccc5)c5ccccc5c43)cc2)cc1. The average Bonchev–Trinajstić information content (AvgIpc) is 3.80. The summed E-state index contributed by atoms with van der Waals surface area (Å²) in [5.41, 5.74) is 19.0. The van der Waals surface area contributed by atoms with Gasteiger partial charge in [0.05, 0.1) is 11.1 Å². The molecule has 0 heterocycles. The first-order chi connectivity index (χ1) is 30.3. The Bertz CT molecular complexity index is 3190. The number of para-hydroxylation sites is 3. The van der Waals surface area contributed by atoms with Crippen LogP contribution in [0.5, 0.6) is 0 Å². The Morgan fingerprint density at radius 1 is 0.262 bits per heavy atom. The lowest BCUT2D eigenvalue weighted by Crippen LogP contribution is -2.26. The van der Waals surface area contributed by atoms with E-state index < -0.39 is 5.41 Å². The molecule has 0 radical (unpaired) electrons. The molecule has 1 spiro atoms. The van der Waals surface area contributed by atoms with Crippen molar-refractivity contribution in [2.75, 3.05) is 9.80 Å². The standard InChI is InChI=1S/C59H40N2/c1-5-19-41(20-6-1)42-33-35-46(36-34-42)60(43-21-7-2-8-22-43)47-37-38-50-48-27-15-17-31-54(48)59(56(50)39-47)55-32-18-16-28-49(55)53-40-57(51-29-13-14-30-52(51)58(53)59)61(44-23-9-3-10-24-44)45-25-11-4-12-26-45/h1-40H. The number of hydrogen-bond donors (Lipinski definition) is 0. The van der Waals surface area contributed by atoms with Crippen molar-refractivity contribution in [1.29, 1.82) is 0 Å². The van der Waals surface area contributed by atoms with Crippen LogP contribution < -0.4 is 9.80 Å². The summed E-state index contributed by atoms with van der Waals surface area (Å²) in [6, 6.07) is 88.9. The van der Waals surface area contributed by atoms with Gasteiger partial charge < -0.3 is 9.80 Å². The summed E-state index contributed by atoms with van der Waals surface area (Å²) in [6.45, 7) is 0. The van der Waals surface area contributed by atoms with Gasteiger partial charge in [-0.05, 0) is 128 Å². The van der Waals surface area contributed by atoms with Crippen molar-refractivity contribution in [3.8, 4) is 33.4 Å². The Morgan fingerprint density at radius 3 is 1.30 bits per heavy atom. The molecule has 0 fully saturated rings. The Morgan fingerprint density at radius 2 is 0.689 bits per heavy atom. The van der Waals surface area contributed by atoms with Crippen LogP contribution in [0.4, 0.5) is 34.1 Å². The zero-order valence-corrected chi connectivity index (χ0v) is 33.5. The molecule has 10 aromatic carbocycles. The van der Waals surface area contributed by atoms with E-state index in [1.807, 2.05) is 0 Å².